The number of amides is 1. The summed E-state index contributed by atoms with van der Waals surface area (Å²) in [5.41, 5.74) is 0.109. The largest absolute Gasteiger partial charge is 0.493 e. The van der Waals surface area contributed by atoms with Gasteiger partial charge in [0.2, 0.25) is 10.0 Å². The standard InChI is InChI=1S/C24H18FN3O6S/c1-33-22-13-15(6-11-21(22)34-24(30)19-4-2-3-5-20(19)25)12-16(14-26)23(29)28-17-7-9-18(10-8-17)35(27,31)32/h2-13H,1H3,(H,28,29)(H2,27,31,32)/b16-12+. The molecule has 0 fully saturated rings. The second kappa shape index (κ2) is 10.6. The highest BCUT2D eigenvalue weighted by atomic mass is 32.2. The summed E-state index contributed by atoms with van der Waals surface area (Å²) >= 11 is 0. The number of sulfonamides is 1. The number of nitrogens with two attached hydrogens (primary N) is 1. The fourth-order valence-electron chi connectivity index (χ4n) is 2.88. The van der Waals surface area contributed by atoms with Crippen LogP contribution in [0.5, 0.6) is 11.5 Å². The van der Waals surface area contributed by atoms with Gasteiger partial charge in [-0.1, -0.05) is 18.2 Å². The number of halogens is 1. The lowest BCUT2D eigenvalue weighted by molar-refractivity contribution is -0.112. The van der Waals surface area contributed by atoms with Gasteiger partial charge in [-0.15, -0.1) is 0 Å². The second-order valence-corrected chi connectivity index (χ2v) is 8.53. The molecule has 11 heteroatoms. The fraction of sp³-hybridized carbons (Fsp3) is 0.0417. The molecule has 0 heterocycles. The fourth-order valence-corrected chi connectivity index (χ4v) is 3.40. The van der Waals surface area contributed by atoms with Crippen molar-refractivity contribution in [2.45, 2.75) is 4.90 Å². The zero-order valence-corrected chi connectivity index (χ0v) is 19.0. The number of nitrogens with one attached hydrogen (secondary N) is 1. The molecule has 178 valence electrons. The van der Waals surface area contributed by atoms with Crippen molar-refractivity contribution in [2.24, 2.45) is 5.14 Å². The van der Waals surface area contributed by atoms with Gasteiger partial charge < -0.3 is 14.8 Å². The Morgan fingerprint density at radius 3 is 2.34 bits per heavy atom. The molecule has 0 aliphatic heterocycles. The van der Waals surface area contributed by atoms with Gasteiger partial charge in [0.1, 0.15) is 17.5 Å². The number of methoxy groups -OCH3 is 1. The smallest absolute Gasteiger partial charge is 0.346 e. The van der Waals surface area contributed by atoms with Crippen LogP contribution in [-0.4, -0.2) is 27.4 Å². The van der Waals surface area contributed by atoms with Gasteiger partial charge in [-0.05, 0) is 60.2 Å². The average Bonchev–Trinajstić information content (AvgIpc) is 2.83. The van der Waals surface area contributed by atoms with Crippen LogP contribution in [0.15, 0.2) is 77.2 Å². The van der Waals surface area contributed by atoms with E-state index in [1.807, 2.05) is 0 Å². The van der Waals surface area contributed by atoms with Crippen LogP contribution < -0.4 is 19.9 Å². The van der Waals surface area contributed by atoms with Crippen molar-refractivity contribution in [1.29, 1.82) is 5.26 Å². The number of rotatable bonds is 7. The maximum Gasteiger partial charge on any atom is 0.346 e. The Bertz CT molecular complexity index is 1460. The predicted molar refractivity (Wildman–Crippen MR) is 124 cm³/mol. The van der Waals surface area contributed by atoms with Crippen LogP contribution in [0.2, 0.25) is 0 Å². The van der Waals surface area contributed by atoms with Crippen molar-refractivity contribution < 1.29 is 31.9 Å². The van der Waals surface area contributed by atoms with E-state index in [0.29, 0.717) is 5.56 Å². The number of nitriles is 1. The van der Waals surface area contributed by atoms with E-state index in [4.69, 9.17) is 14.6 Å². The zero-order valence-electron chi connectivity index (χ0n) is 18.2. The first-order chi connectivity index (χ1) is 16.6. The molecule has 0 aromatic heterocycles. The SMILES string of the molecule is COc1cc(/C=C(\C#N)C(=O)Nc2ccc(S(N)(=O)=O)cc2)ccc1OC(=O)c1ccccc1F. The minimum absolute atomic E-state index is 0.0100. The Kier molecular flexibility index (Phi) is 7.60. The van der Waals surface area contributed by atoms with E-state index >= 15 is 0 Å². The molecule has 3 aromatic carbocycles. The van der Waals surface area contributed by atoms with Gasteiger partial charge in [-0.3, -0.25) is 4.79 Å². The van der Waals surface area contributed by atoms with Gasteiger partial charge in [0.15, 0.2) is 11.5 Å². The van der Waals surface area contributed by atoms with Crippen molar-refractivity contribution in [3.8, 4) is 17.6 Å². The predicted octanol–water partition coefficient (Wildman–Crippen LogP) is 3.25. The van der Waals surface area contributed by atoms with E-state index in [1.54, 1.807) is 6.07 Å². The quantitative estimate of drug-likeness (QED) is 0.221. The van der Waals surface area contributed by atoms with Crippen molar-refractivity contribution in [3.63, 3.8) is 0 Å². The van der Waals surface area contributed by atoms with E-state index in [0.717, 1.165) is 6.07 Å². The normalized spacial score (nSPS) is 11.3. The number of anilines is 1. The van der Waals surface area contributed by atoms with Crippen molar-refractivity contribution in [3.05, 3.63) is 89.2 Å². The number of carbonyl (C=O) groups is 2. The van der Waals surface area contributed by atoms with Crippen LogP contribution in [0, 0.1) is 17.1 Å². The molecule has 35 heavy (non-hydrogen) atoms. The highest BCUT2D eigenvalue weighted by Crippen LogP contribution is 2.30. The van der Waals surface area contributed by atoms with Gasteiger partial charge in [-0.25, -0.2) is 22.7 Å². The Labute approximate surface area is 200 Å². The maximum absolute atomic E-state index is 13.8. The molecule has 3 N–H and O–H groups in total. The molecule has 0 saturated heterocycles. The molecule has 0 bridgehead atoms. The highest BCUT2D eigenvalue weighted by Gasteiger charge is 2.17. The van der Waals surface area contributed by atoms with E-state index in [1.165, 1.54) is 73.8 Å². The number of ether oxygens (including phenoxy) is 2. The Morgan fingerprint density at radius 1 is 1.06 bits per heavy atom. The Hall–Kier alpha value is -4.53. The molecule has 0 spiro atoms. The summed E-state index contributed by atoms with van der Waals surface area (Å²) in [7, 11) is -2.56. The van der Waals surface area contributed by atoms with Crippen molar-refractivity contribution in [1.82, 2.24) is 0 Å². The third-order valence-electron chi connectivity index (χ3n) is 4.60. The van der Waals surface area contributed by atoms with Crippen LogP contribution in [0.25, 0.3) is 6.08 Å². The van der Waals surface area contributed by atoms with Crippen molar-refractivity contribution in [2.75, 3.05) is 12.4 Å². The summed E-state index contributed by atoms with van der Waals surface area (Å²) in [5, 5.41) is 16.9. The molecular weight excluding hydrogens is 477 g/mol. The first-order valence-corrected chi connectivity index (χ1v) is 11.4. The summed E-state index contributed by atoms with van der Waals surface area (Å²) in [6, 6.07) is 16.5. The van der Waals surface area contributed by atoms with Gasteiger partial charge in [0, 0.05) is 5.69 Å². The molecule has 3 aromatic rings. The Morgan fingerprint density at radius 2 is 1.74 bits per heavy atom. The highest BCUT2D eigenvalue weighted by molar-refractivity contribution is 7.89. The monoisotopic (exact) mass is 495 g/mol. The number of benzene rings is 3. The minimum atomic E-state index is -3.88. The summed E-state index contributed by atoms with van der Waals surface area (Å²) in [6.45, 7) is 0. The van der Waals surface area contributed by atoms with Crippen LogP contribution in [0.4, 0.5) is 10.1 Å². The summed E-state index contributed by atoms with van der Waals surface area (Å²) in [4.78, 5) is 24.7. The van der Waals surface area contributed by atoms with Crippen molar-refractivity contribution >= 4 is 33.7 Å². The minimum Gasteiger partial charge on any atom is -0.493 e. The third-order valence-corrected chi connectivity index (χ3v) is 5.53. The van der Waals surface area contributed by atoms with E-state index in [2.05, 4.69) is 5.32 Å². The first-order valence-electron chi connectivity index (χ1n) is 9.83. The number of esters is 1. The van der Waals surface area contributed by atoms with E-state index < -0.39 is 27.7 Å². The van der Waals surface area contributed by atoms with Gasteiger partial charge >= 0.3 is 5.97 Å². The molecule has 0 atom stereocenters. The molecule has 0 unspecified atom stereocenters. The number of hydrogen-bond donors (Lipinski definition) is 2. The van der Waals surface area contributed by atoms with Gasteiger partial charge in [-0.2, -0.15) is 5.26 Å². The average molecular weight is 495 g/mol. The Balaban J connectivity index is 1.79. The first kappa shape index (κ1) is 25.1. The molecule has 0 aliphatic rings. The lowest BCUT2D eigenvalue weighted by Gasteiger charge is -2.11. The topological polar surface area (TPSA) is 149 Å². The maximum atomic E-state index is 13.8. The molecule has 1 amide bonds. The molecule has 0 saturated carbocycles. The second-order valence-electron chi connectivity index (χ2n) is 6.97. The molecular formula is C24H18FN3O6S. The lowest BCUT2D eigenvalue weighted by atomic mass is 10.1. The molecule has 0 radical (unpaired) electrons. The number of carbonyl (C=O) groups excluding carboxylic acids is 2. The lowest BCUT2D eigenvalue weighted by Crippen LogP contribution is -2.14. The number of hydrogen-bond acceptors (Lipinski definition) is 7. The van der Waals surface area contributed by atoms with Crippen LogP contribution >= 0.6 is 0 Å². The van der Waals surface area contributed by atoms with Crippen LogP contribution in [0.3, 0.4) is 0 Å². The summed E-state index contributed by atoms with van der Waals surface area (Å²) in [6.07, 6.45) is 1.28. The van der Waals surface area contributed by atoms with E-state index in [9.17, 15) is 27.7 Å². The van der Waals surface area contributed by atoms with Gasteiger partial charge in [0.25, 0.3) is 5.91 Å². The third kappa shape index (κ3) is 6.29. The zero-order chi connectivity index (χ0) is 25.6. The number of primary sulfonamides is 1. The molecule has 0 aliphatic carbocycles. The number of nitrogens with zero attached hydrogens (tertiary/aromatic N) is 1. The van der Waals surface area contributed by atoms with E-state index in [-0.39, 0.29) is 33.2 Å². The van der Waals surface area contributed by atoms with Gasteiger partial charge in [0.05, 0.1) is 17.6 Å². The summed E-state index contributed by atoms with van der Waals surface area (Å²) < 4.78 is 46.9. The molecule has 3 rings (SSSR count). The van der Waals surface area contributed by atoms with Crippen LogP contribution in [-0.2, 0) is 14.8 Å². The summed E-state index contributed by atoms with van der Waals surface area (Å²) in [5.74, 6) is -2.28. The van der Waals surface area contributed by atoms with Crippen LogP contribution in [0.1, 0.15) is 15.9 Å². The molecule has 9 nitrogen and oxygen atoms in total.